The molecular formula is C12H15N5OS. The quantitative estimate of drug-likeness (QED) is 0.653. The van der Waals surface area contributed by atoms with Crippen LogP contribution in [0, 0.1) is 0 Å². The molecule has 0 aliphatic heterocycles. The van der Waals surface area contributed by atoms with Crippen LogP contribution in [-0.4, -0.2) is 29.0 Å². The van der Waals surface area contributed by atoms with E-state index < -0.39 is 0 Å². The topological polar surface area (TPSA) is 90.9 Å². The number of thioether (sulfide) groups is 1. The maximum absolute atomic E-state index is 5.57. The average Bonchev–Trinajstić information content (AvgIpc) is 2.85. The molecule has 0 aliphatic rings. The van der Waals surface area contributed by atoms with Gasteiger partial charge in [-0.05, 0) is 6.26 Å². The van der Waals surface area contributed by atoms with Gasteiger partial charge in [-0.2, -0.15) is 0 Å². The Labute approximate surface area is 115 Å². The third-order valence-corrected chi connectivity index (χ3v) is 3.28. The highest BCUT2D eigenvalue weighted by Gasteiger charge is 2.08. The minimum atomic E-state index is 0.397. The molecular weight excluding hydrogens is 262 g/mol. The largest absolute Gasteiger partial charge is 0.495 e. The lowest BCUT2D eigenvalue weighted by molar-refractivity contribution is 0.404. The van der Waals surface area contributed by atoms with Crippen LogP contribution in [0.1, 0.15) is 0 Å². The number of ether oxygens (including phenoxy) is 1. The Kier molecular flexibility index (Phi) is 3.96. The Morgan fingerprint density at radius 2 is 2.37 bits per heavy atom. The van der Waals surface area contributed by atoms with Crippen molar-refractivity contribution in [3.05, 3.63) is 30.4 Å². The van der Waals surface area contributed by atoms with Gasteiger partial charge in [0.15, 0.2) is 5.82 Å². The second kappa shape index (κ2) is 5.66. The van der Waals surface area contributed by atoms with E-state index in [1.807, 2.05) is 22.9 Å². The van der Waals surface area contributed by atoms with Crippen molar-refractivity contribution in [3.63, 3.8) is 0 Å². The summed E-state index contributed by atoms with van der Waals surface area (Å²) in [6.07, 6.45) is 8.37. The van der Waals surface area contributed by atoms with Crippen molar-refractivity contribution < 1.29 is 4.74 Å². The van der Waals surface area contributed by atoms with Gasteiger partial charge in [0, 0.05) is 18.5 Å². The zero-order chi connectivity index (χ0) is 13.8. The van der Waals surface area contributed by atoms with Crippen molar-refractivity contribution in [2.75, 3.05) is 13.4 Å². The Hall–Kier alpha value is -2.15. The number of pyridine rings is 1. The Morgan fingerprint density at radius 3 is 3.00 bits per heavy atom. The number of rotatable bonds is 4. The van der Waals surface area contributed by atoms with Gasteiger partial charge in [0.1, 0.15) is 11.4 Å². The summed E-state index contributed by atoms with van der Waals surface area (Å²) < 4.78 is 7.18. The lowest BCUT2D eigenvalue weighted by atomic mass is 10.4. The first-order valence-corrected chi connectivity index (χ1v) is 6.72. The summed E-state index contributed by atoms with van der Waals surface area (Å²) in [5.74, 6) is 1.47. The van der Waals surface area contributed by atoms with Crippen LogP contribution < -0.4 is 16.2 Å². The van der Waals surface area contributed by atoms with Crippen LogP contribution in [0.25, 0.3) is 5.65 Å². The van der Waals surface area contributed by atoms with Crippen molar-refractivity contribution in [1.29, 1.82) is 0 Å². The molecule has 0 fully saturated rings. The maximum Gasteiger partial charge on any atom is 0.156 e. The van der Waals surface area contributed by atoms with Gasteiger partial charge in [-0.3, -0.25) is 4.40 Å². The van der Waals surface area contributed by atoms with Gasteiger partial charge in [0.25, 0.3) is 0 Å². The molecule has 0 radical (unpaired) electrons. The van der Waals surface area contributed by atoms with Crippen LogP contribution in [0.2, 0.25) is 0 Å². The maximum atomic E-state index is 5.57. The van der Waals surface area contributed by atoms with Crippen molar-refractivity contribution in [3.8, 4) is 5.75 Å². The Bertz CT molecular complexity index is 647. The third-order valence-electron chi connectivity index (χ3n) is 2.53. The van der Waals surface area contributed by atoms with Crippen molar-refractivity contribution in [2.45, 2.75) is 4.90 Å². The van der Waals surface area contributed by atoms with Crippen molar-refractivity contribution >= 4 is 29.4 Å². The molecule has 2 heterocycles. The zero-order valence-electron chi connectivity index (χ0n) is 10.7. The third kappa shape index (κ3) is 2.65. The van der Waals surface area contributed by atoms with Gasteiger partial charge in [0.2, 0.25) is 0 Å². The normalized spacial score (nSPS) is 12.4. The Morgan fingerprint density at radius 1 is 1.58 bits per heavy atom. The molecule has 0 saturated carbocycles. The fourth-order valence-electron chi connectivity index (χ4n) is 1.57. The van der Waals surface area contributed by atoms with Gasteiger partial charge in [-0.25, -0.2) is 9.98 Å². The minimum absolute atomic E-state index is 0.397. The molecule has 0 atom stereocenters. The number of aliphatic imine (C=N–C) groups is 1. The highest BCUT2D eigenvalue weighted by atomic mass is 32.2. The fraction of sp³-hybridized carbons (Fsp3) is 0.167. The zero-order valence-corrected chi connectivity index (χ0v) is 11.5. The standard InChI is InChI=1S/C12H15N5OS/c1-18-9-3-11-16-6-12(15-5-8(14)4-13)17(11)7-10(9)19-2/h3-7H,13-14H2,1-2H3/b8-4+,15-5+. The van der Waals surface area contributed by atoms with Crippen molar-refractivity contribution in [2.24, 2.45) is 16.5 Å². The highest BCUT2D eigenvalue weighted by Crippen LogP contribution is 2.30. The molecule has 19 heavy (non-hydrogen) atoms. The molecule has 0 bridgehead atoms. The lowest BCUT2D eigenvalue weighted by Crippen LogP contribution is -2.01. The van der Waals surface area contributed by atoms with Crippen LogP contribution in [0.15, 0.2) is 40.2 Å². The number of hydrogen-bond donors (Lipinski definition) is 2. The monoisotopic (exact) mass is 277 g/mol. The van der Waals surface area contributed by atoms with Crippen LogP contribution in [-0.2, 0) is 0 Å². The van der Waals surface area contributed by atoms with Crippen LogP contribution >= 0.6 is 11.8 Å². The number of nitrogens with two attached hydrogens (primary N) is 2. The minimum Gasteiger partial charge on any atom is -0.495 e. The van der Waals surface area contributed by atoms with Gasteiger partial charge < -0.3 is 16.2 Å². The molecule has 2 rings (SSSR count). The van der Waals surface area contributed by atoms with E-state index in [1.54, 1.807) is 25.1 Å². The molecule has 0 unspecified atom stereocenters. The van der Waals surface area contributed by atoms with Crippen LogP contribution in [0.4, 0.5) is 5.82 Å². The van der Waals surface area contributed by atoms with Crippen molar-refractivity contribution in [1.82, 2.24) is 9.38 Å². The predicted octanol–water partition coefficient (Wildman–Crippen LogP) is 1.53. The molecule has 0 amide bonds. The predicted molar refractivity (Wildman–Crippen MR) is 78.1 cm³/mol. The smallest absolute Gasteiger partial charge is 0.156 e. The van der Waals surface area contributed by atoms with E-state index in [2.05, 4.69) is 9.98 Å². The molecule has 6 nitrogen and oxygen atoms in total. The molecule has 0 saturated heterocycles. The summed E-state index contributed by atoms with van der Waals surface area (Å²) in [6, 6.07) is 1.87. The number of methoxy groups -OCH3 is 1. The van der Waals surface area contributed by atoms with Gasteiger partial charge in [0.05, 0.1) is 30.1 Å². The summed E-state index contributed by atoms with van der Waals surface area (Å²) in [7, 11) is 1.64. The second-order valence-corrected chi connectivity index (χ2v) is 4.53. The number of aromatic nitrogens is 2. The van der Waals surface area contributed by atoms with E-state index in [0.29, 0.717) is 11.5 Å². The number of nitrogens with zero attached hydrogens (tertiary/aromatic N) is 3. The number of hydrogen-bond acceptors (Lipinski definition) is 6. The van der Waals surface area contributed by atoms with E-state index in [1.165, 1.54) is 12.4 Å². The summed E-state index contributed by atoms with van der Waals surface area (Å²) in [4.78, 5) is 9.53. The lowest BCUT2D eigenvalue weighted by Gasteiger charge is -2.07. The van der Waals surface area contributed by atoms with E-state index in [0.717, 1.165) is 16.3 Å². The number of imidazole rings is 1. The summed E-state index contributed by atoms with van der Waals surface area (Å²) in [5, 5.41) is 0. The summed E-state index contributed by atoms with van der Waals surface area (Å²) in [6.45, 7) is 0. The van der Waals surface area contributed by atoms with E-state index in [4.69, 9.17) is 16.2 Å². The molecule has 2 aromatic heterocycles. The highest BCUT2D eigenvalue weighted by molar-refractivity contribution is 7.98. The molecule has 0 aliphatic carbocycles. The molecule has 2 aromatic rings. The molecule has 0 spiro atoms. The first-order chi connectivity index (χ1) is 9.19. The molecule has 100 valence electrons. The fourth-order valence-corrected chi connectivity index (χ4v) is 2.12. The Balaban J connectivity index is 2.50. The van der Waals surface area contributed by atoms with Crippen LogP contribution in [0.5, 0.6) is 5.75 Å². The van der Waals surface area contributed by atoms with E-state index >= 15 is 0 Å². The summed E-state index contributed by atoms with van der Waals surface area (Å²) in [5.41, 5.74) is 12.0. The first-order valence-electron chi connectivity index (χ1n) is 5.50. The SMILES string of the molecule is COc1cc2ncc(/N=C/C(N)=C\N)n2cc1SC. The molecule has 0 aromatic carbocycles. The second-order valence-electron chi connectivity index (χ2n) is 3.68. The van der Waals surface area contributed by atoms with Crippen LogP contribution in [0.3, 0.4) is 0 Å². The van der Waals surface area contributed by atoms with Gasteiger partial charge in [-0.15, -0.1) is 11.8 Å². The van der Waals surface area contributed by atoms with Gasteiger partial charge in [-0.1, -0.05) is 0 Å². The average molecular weight is 277 g/mol. The van der Waals surface area contributed by atoms with E-state index in [9.17, 15) is 0 Å². The molecule has 4 N–H and O–H groups in total. The first kappa shape index (κ1) is 13.3. The number of fused-ring (bicyclic) bond motifs is 1. The molecule has 7 heteroatoms. The van der Waals surface area contributed by atoms with Gasteiger partial charge >= 0.3 is 0 Å². The number of allylic oxidation sites excluding steroid dienone is 1. The van der Waals surface area contributed by atoms with E-state index in [-0.39, 0.29) is 0 Å². The summed E-state index contributed by atoms with van der Waals surface area (Å²) >= 11 is 1.59.